The summed E-state index contributed by atoms with van der Waals surface area (Å²) in [5.41, 5.74) is 2.17. The van der Waals surface area contributed by atoms with E-state index in [-0.39, 0.29) is 18.0 Å². The van der Waals surface area contributed by atoms with Crippen molar-refractivity contribution in [3.8, 4) is 0 Å². The lowest BCUT2D eigenvalue weighted by Crippen LogP contribution is -2.55. The maximum absolute atomic E-state index is 11.7. The van der Waals surface area contributed by atoms with E-state index >= 15 is 0 Å². The maximum Gasteiger partial charge on any atom is 0.362 e. The summed E-state index contributed by atoms with van der Waals surface area (Å²) in [5.74, 6) is -0.945. The summed E-state index contributed by atoms with van der Waals surface area (Å²) >= 11 is 0. The quantitative estimate of drug-likeness (QED) is 0.630. The lowest BCUT2D eigenvalue weighted by molar-refractivity contribution is -0.0845. The molecule has 0 radical (unpaired) electrons. The highest BCUT2D eigenvalue weighted by atomic mass is 31.1. The third kappa shape index (κ3) is 4.99. The van der Waals surface area contributed by atoms with Crippen molar-refractivity contribution in [2.45, 2.75) is 30.3 Å². The molecule has 0 spiro atoms. The van der Waals surface area contributed by atoms with Crippen LogP contribution in [0.5, 0.6) is 0 Å². The van der Waals surface area contributed by atoms with Crippen molar-refractivity contribution in [3.63, 3.8) is 0 Å². The Balaban J connectivity index is 1.57. The minimum atomic E-state index is -1.43. The van der Waals surface area contributed by atoms with Crippen LogP contribution in [0.3, 0.4) is 0 Å². The third-order valence-electron chi connectivity index (χ3n) is 4.80. The van der Waals surface area contributed by atoms with Gasteiger partial charge in [-0.3, -0.25) is 0 Å². The van der Waals surface area contributed by atoms with Crippen molar-refractivity contribution < 1.29 is 24.3 Å². The second-order valence-electron chi connectivity index (χ2n) is 6.82. The third-order valence-corrected chi connectivity index (χ3v) is 5.65. The molecule has 0 aliphatic carbocycles. The first kappa shape index (κ1) is 19.6. The van der Waals surface area contributed by atoms with Gasteiger partial charge in [-0.1, -0.05) is 47.0 Å². The van der Waals surface area contributed by atoms with E-state index in [2.05, 4.69) is 5.32 Å². The normalized spacial score (nSPS) is 22.3. The molecule has 0 amide bonds. The standard InChI is InChI=1S/C20H22NO5P/c22-19(23)16-8-6-14(7-9-16)10-17-13-26-18(12-21-17)20(24,27-25)11-15-4-2-1-3-5-15/h1-9,17-18,21,24H,10-13H2,(H,22,23)/p+1/t17-,18+,20?/m1/s1. The van der Waals surface area contributed by atoms with E-state index in [4.69, 9.17) is 9.84 Å². The molecule has 27 heavy (non-hydrogen) atoms. The summed E-state index contributed by atoms with van der Waals surface area (Å²) in [5, 5.41) is 21.7. The van der Waals surface area contributed by atoms with Crippen molar-refractivity contribution in [1.29, 1.82) is 0 Å². The van der Waals surface area contributed by atoms with E-state index in [9.17, 15) is 14.5 Å². The first-order valence-corrected chi connectivity index (χ1v) is 9.74. The molecular weight excluding hydrogens is 365 g/mol. The van der Waals surface area contributed by atoms with Gasteiger partial charge in [-0.2, -0.15) is 0 Å². The Bertz CT molecular complexity index is 775. The number of aromatic carboxylic acids is 1. The average molecular weight is 388 g/mol. The number of morpholine rings is 1. The fourth-order valence-corrected chi connectivity index (χ4v) is 3.85. The summed E-state index contributed by atoms with van der Waals surface area (Å²) in [6, 6.07) is 16.3. The summed E-state index contributed by atoms with van der Waals surface area (Å²) in [4.78, 5) is 10.9. The number of aliphatic hydroxyl groups is 1. The summed E-state index contributed by atoms with van der Waals surface area (Å²) < 4.78 is 17.6. The van der Waals surface area contributed by atoms with Gasteiger partial charge in [0, 0.05) is 12.6 Å². The molecule has 2 aromatic carbocycles. The van der Waals surface area contributed by atoms with Crippen LogP contribution < -0.4 is 5.32 Å². The fourth-order valence-electron chi connectivity index (χ4n) is 3.25. The first-order valence-electron chi connectivity index (χ1n) is 8.83. The molecule has 2 unspecified atom stereocenters. The SMILES string of the molecule is O=[PH+]C(O)(Cc1ccccc1)[C@@H]1CN[C@H](Cc2ccc(C(=O)O)cc2)CO1. The molecular formula is C20H23NO5P+. The van der Waals surface area contributed by atoms with Gasteiger partial charge in [0.1, 0.15) is 6.10 Å². The minimum Gasteiger partial charge on any atom is -0.478 e. The highest BCUT2D eigenvalue weighted by Gasteiger charge is 2.47. The van der Waals surface area contributed by atoms with E-state index in [0.29, 0.717) is 19.6 Å². The molecule has 0 aromatic heterocycles. The van der Waals surface area contributed by atoms with Crippen LogP contribution >= 0.6 is 8.46 Å². The van der Waals surface area contributed by atoms with Gasteiger partial charge in [0.15, 0.2) is 0 Å². The summed E-state index contributed by atoms with van der Waals surface area (Å²) in [6.07, 6.45) is 0.395. The second-order valence-corrected chi connectivity index (χ2v) is 7.89. The van der Waals surface area contributed by atoms with Crippen LogP contribution in [-0.2, 0) is 22.1 Å². The molecule has 1 aliphatic rings. The van der Waals surface area contributed by atoms with E-state index < -0.39 is 25.9 Å². The van der Waals surface area contributed by atoms with Crippen LogP contribution in [-0.4, -0.2) is 46.8 Å². The van der Waals surface area contributed by atoms with Crippen LogP contribution in [0.15, 0.2) is 54.6 Å². The molecule has 6 nitrogen and oxygen atoms in total. The average Bonchev–Trinajstić information content (AvgIpc) is 2.69. The number of ether oxygens (including phenoxy) is 1. The van der Waals surface area contributed by atoms with Crippen LogP contribution in [0, 0.1) is 0 Å². The van der Waals surface area contributed by atoms with Crippen molar-refractivity contribution >= 4 is 14.4 Å². The van der Waals surface area contributed by atoms with Gasteiger partial charge < -0.3 is 20.3 Å². The molecule has 0 saturated carbocycles. The minimum absolute atomic E-state index is 0.0490. The number of nitrogens with one attached hydrogen (secondary N) is 1. The Labute approximate surface area is 159 Å². The van der Waals surface area contributed by atoms with Gasteiger partial charge in [-0.25, -0.2) is 4.79 Å². The number of carbonyl (C=O) groups is 1. The van der Waals surface area contributed by atoms with Gasteiger partial charge in [-0.05, 0) is 29.7 Å². The van der Waals surface area contributed by atoms with Gasteiger partial charge in [0.2, 0.25) is 0 Å². The molecule has 3 N–H and O–H groups in total. The Morgan fingerprint density at radius 1 is 1.15 bits per heavy atom. The predicted molar refractivity (Wildman–Crippen MR) is 103 cm³/mol. The van der Waals surface area contributed by atoms with Gasteiger partial charge in [0.05, 0.1) is 18.6 Å². The lowest BCUT2D eigenvalue weighted by atomic mass is 9.99. The maximum atomic E-state index is 11.7. The molecule has 1 heterocycles. The zero-order chi connectivity index (χ0) is 19.3. The van der Waals surface area contributed by atoms with E-state index in [1.54, 1.807) is 24.3 Å². The van der Waals surface area contributed by atoms with Crippen molar-refractivity contribution in [2.75, 3.05) is 13.2 Å². The zero-order valence-corrected chi connectivity index (χ0v) is 15.8. The number of rotatable bonds is 7. The number of carboxylic acids is 1. The number of benzene rings is 2. The molecule has 7 heteroatoms. The number of hydrogen-bond donors (Lipinski definition) is 3. The highest BCUT2D eigenvalue weighted by Crippen LogP contribution is 2.31. The van der Waals surface area contributed by atoms with Crippen LogP contribution in [0.25, 0.3) is 0 Å². The second kappa shape index (κ2) is 8.72. The van der Waals surface area contributed by atoms with Crippen molar-refractivity contribution in [3.05, 3.63) is 71.3 Å². The lowest BCUT2D eigenvalue weighted by Gasteiger charge is -2.34. The van der Waals surface area contributed by atoms with E-state index in [1.807, 2.05) is 30.3 Å². The van der Waals surface area contributed by atoms with Crippen LogP contribution in [0.4, 0.5) is 0 Å². The smallest absolute Gasteiger partial charge is 0.362 e. The monoisotopic (exact) mass is 388 g/mol. The Kier molecular flexibility index (Phi) is 6.34. The molecule has 3 rings (SSSR count). The highest BCUT2D eigenvalue weighted by molar-refractivity contribution is 7.25. The fraction of sp³-hybridized carbons (Fsp3) is 0.350. The summed E-state index contributed by atoms with van der Waals surface area (Å²) in [6.45, 7) is 0.781. The predicted octanol–water partition coefficient (Wildman–Crippen LogP) is 2.24. The van der Waals surface area contributed by atoms with E-state index in [1.165, 1.54) is 0 Å². The van der Waals surface area contributed by atoms with Gasteiger partial charge in [-0.15, -0.1) is 0 Å². The van der Waals surface area contributed by atoms with Crippen molar-refractivity contribution in [2.24, 2.45) is 0 Å². The number of carboxylic acid groups (broad SMARTS) is 1. The Hall–Kier alpha value is -2.11. The van der Waals surface area contributed by atoms with Crippen molar-refractivity contribution in [1.82, 2.24) is 5.32 Å². The zero-order valence-electron chi connectivity index (χ0n) is 14.8. The first-order chi connectivity index (χ1) is 13.0. The molecule has 1 fully saturated rings. The molecule has 4 atom stereocenters. The van der Waals surface area contributed by atoms with Crippen LogP contribution in [0.1, 0.15) is 21.5 Å². The Morgan fingerprint density at radius 2 is 1.85 bits per heavy atom. The molecule has 1 saturated heterocycles. The van der Waals surface area contributed by atoms with E-state index in [0.717, 1.165) is 11.1 Å². The largest absolute Gasteiger partial charge is 0.478 e. The van der Waals surface area contributed by atoms with Crippen LogP contribution in [0.2, 0.25) is 0 Å². The molecule has 2 aromatic rings. The summed E-state index contributed by atoms with van der Waals surface area (Å²) in [7, 11) is -0.895. The topological polar surface area (TPSA) is 95.9 Å². The van der Waals surface area contributed by atoms with Gasteiger partial charge >= 0.3 is 14.4 Å². The molecule has 1 aliphatic heterocycles. The van der Waals surface area contributed by atoms with Gasteiger partial charge in [0.25, 0.3) is 5.34 Å². The molecule has 142 valence electrons. The Morgan fingerprint density at radius 3 is 2.41 bits per heavy atom. The number of hydrogen-bond acceptors (Lipinski definition) is 5. The molecule has 0 bridgehead atoms.